The van der Waals surface area contributed by atoms with Crippen molar-refractivity contribution in [2.24, 2.45) is 5.73 Å². The van der Waals surface area contributed by atoms with Crippen molar-refractivity contribution in [1.29, 1.82) is 0 Å². The lowest BCUT2D eigenvalue weighted by molar-refractivity contribution is 0.202. The predicted octanol–water partition coefficient (Wildman–Crippen LogP) is 2.89. The Hall–Kier alpha value is -1.16. The standard InChI is InChI=1S/C12H17F2NO/c1-7-4-10(9(3)15)5-11(14)12(7)16-6-8(2)13/h4-5,8-9H,6,15H2,1-3H3. The number of halogens is 2. The summed E-state index contributed by atoms with van der Waals surface area (Å²) in [6.07, 6.45) is -1.12. The second kappa shape index (κ2) is 5.25. The number of rotatable bonds is 4. The summed E-state index contributed by atoms with van der Waals surface area (Å²) in [6.45, 7) is 4.71. The Morgan fingerprint density at radius 1 is 1.38 bits per heavy atom. The molecule has 0 fully saturated rings. The van der Waals surface area contributed by atoms with E-state index in [1.54, 1.807) is 19.9 Å². The summed E-state index contributed by atoms with van der Waals surface area (Å²) < 4.78 is 31.3. The van der Waals surface area contributed by atoms with E-state index in [-0.39, 0.29) is 18.4 Å². The fraction of sp³-hybridized carbons (Fsp3) is 0.500. The first-order valence-corrected chi connectivity index (χ1v) is 5.24. The Morgan fingerprint density at radius 3 is 2.44 bits per heavy atom. The van der Waals surface area contributed by atoms with E-state index >= 15 is 0 Å². The number of benzene rings is 1. The van der Waals surface area contributed by atoms with Gasteiger partial charge in [-0.15, -0.1) is 0 Å². The third kappa shape index (κ3) is 3.17. The maximum atomic E-state index is 13.6. The van der Waals surface area contributed by atoms with Gasteiger partial charge in [0.1, 0.15) is 12.8 Å². The van der Waals surface area contributed by atoms with Crippen molar-refractivity contribution in [3.8, 4) is 5.75 Å². The molecule has 0 radical (unpaired) electrons. The molecule has 0 aliphatic carbocycles. The quantitative estimate of drug-likeness (QED) is 0.861. The summed E-state index contributed by atoms with van der Waals surface area (Å²) >= 11 is 0. The van der Waals surface area contributed by atoms with E-state index < -0.39 is 12.0 Å². The zero-order chi connectivity index (χ0) is 12.3. The van der Waals surface area contributed by atoms with Gasteiger partial charge in [-0.25, -0.2) is 8.78 Å². The first kappa shape index (κ1) is 12.9. The van der Waals surface area contributed by atoms with Gasteiger partial charge in [0, 0.05) is 6.04 Å². The second-order valence-corrected chi connectivity index (χ2v) is 4.03. The first-order valence-electron chi connectivity index (χ1n) is 5.24. The highest BCUT2D eigenvalue weighted by molar-refractivity contribution is 5.38. The lowest BCUT2D eigenvalue weighted by atomic mass is 10.1. The van der Waals surface area contributed by atoms with Crippen LogP contribution in [0.5, 0.6) is 5.75 Å². The molecule has 0 saturated carbocycles. The first-order chi connectivity index (χ1) is 7.41. The summed E-state index contributed by atoms with van der Waals surface area (Å²) in [5, 5.41) is 0. The number of nitrogens with two attached hydrogens (primary N) is 1. The van der Waals surface area contributed by atoms with E-state index in [2.05, 4.69) is 0 Å². The molecule has 0 aliphatic heterocycles. The Labute approximate surface area is 94.4 Å². The SMILES string of the molecule is Cc1cc(C(C)N)cc(F)c1OCC(C)F. The Morgan fingerprint density at radius 2 is 2.00 bits per heavy atom. The van der Waals surface area contributed by atoms with E-state index in [1.807, 2.05) is 0 Å². The molecule has 0 heterocycles. The molecule has 90 valence electrons. The van der Waals surface area contributed by atoms with Gasteiger partial charge in [0.15, 0.2) is 11.6 Å². The van der Waals surface area contributed by atoms with Crippen molar-refractivity contribution in [2.45, 2.75) is 33.0 Å². The van der Waals surface area contributed by atoms with Gasteiger partial charge < -0.3 is 10.5 Å². The van der Waals surface area contributed by atoms with Crippen molar-refractivity contribution in [2.75, 3.05) is 6.61 Å². The molecule has 4 heteroatoms. The van der Waals surface area contributed by atoms with Gasteiger partial charge in [-0.1, -0.05) is 6.07 Å². The molecule has 1 rings (SSSR count). The summed E-state index contributed by atoms with van der Waals surface area (Å²) in [6, 6.07) is 2.85. The summed E-state index contributed by atoms with van der Waals surface area (Å²) in [5.74, 6) is -0.387. The largest absolute Gasteiger partial charge is 0.487 e. The average molecular weight is 229 g/mol. The van der Waals surface area contributed by atoms with E-state index in [0.717, 1.165) is 0 Å². The highest BCUT2D eigenvalue weighted by Gasteiger charge is 2.12. The molecule has 0 bridgehead atoms. The molecule has 0 aromatic heterocycles. The molecule has 0 saturated heterocycles. The zero-order valence-electron chi connectivity index (χ0n) is 9.76. The van der Waals surface area contributed by atoms with Crippen LogP contribution in [0.4, 0.5) is 8.78 Å². The third-order valence-electron chi connectivity index (χ3n) is 2.23. The van der Waals surface area contributed by atoms with E-state index in [1.165, 1.54) is 13.0 Å². The fourth-order valence-corrected chi connectivity index (χ4v) is 1.40. The van der Waals surface area contributed by atoms with Gasteiger partial charge in [-0.3, -0.25) is 0 Å². The molecular formula is C12H17F2NO. The minimum absolute atomic E-state index is 0.105. The van der Waals surface area contributed by atoms with Gasteiger partial charge in [0.2, 0.25) is 0 Å². The van der Waals surface area contributed by atoms with Gasteiger partial charge in [0.25, 0.3) is 0 Å². The second-order valence-electron chi connectivity index (χ2n) is 4.03. The fourth-order valence-electron chi connectivity index (χ4n) is 1.40. The highest BCUT2D eigenvalue weighted by Crippen LogP contribution is 2.26. The molecule has 2 N–H and O–H groups in total. The highest BCUT2D eigenvalue weighted by atomic mass is 19.1. The van der Waals surface area contributed by atoms with E-state index in [9.17, 15) is 8.78 Å². The topological polar surface area (TPSA) is 35.2 Å². The van der Waals surface area contributed by atoms with Crippen LogP contribution in [-0.2, 0) is 0 Å². The molecule has 1 aromatic rings. The molecule has 2 atom stereocenters. The van der Waals surface area contributed by atoms with Gasteiger partial charge in [-0.05, 0) is 38.0 Å². The average Bonchev–Trinajstić information content (AvgIpc) is 2.15. The van der Waals surface area contributed by atoms with Crippen molar-refractivity contribution in [1.82, 2.24) is 0 Å². The van der Waals surface area contributed by atoms with Crippen LogP contribution in [0, 0.1) is 12.7 Å². The number of hydrogen-bond acceptors (Lipinski definition) is 2. The maximum absolute atomic E-state index is 13.6. The van der Waals surface area contributed by atoms with Crippen molar-refractivity contribution < 1.29 is 13.5 Å². The molecule has 0 spiro atoms. The van der Waals surface area contributed by atoms with E-state index in [4.69, 9.17) is 10.5 Å². The van der Waals surface area contributed by atoms with Crippen molar-refractivity contribution >= 4 is 0 Å². The lowest BCUT2D eigenvalue weighted by Crippen LogP contribution is -2.11. The predicted molar refractivity (Wildman–Crippen MR) is 59.8 cm³/mol. The Bertz CT molecular complexity index is 341. The number of alkyl halides is 1. The third-order valence-corrected chi connectivity index (χ3v) is 2.23. The minimum atomic E-state index is -1.12. The van der Waals surface area contributed by atoms with Crippen LogP contribution in [-0.4, -0.2) is 12.8 Å². The van der Waals surface area contributed by atoms with Crippen LogP contribution < -0.4 is 10.5 Å². The monoisotopic (exact) mass is 229 g/mol. The lowest BCUT2D eigenvalue weighted by Gasteiger charge is -2.14. The van der Waals surface area contributed by atoms with Crippen LogP contribution in [0.25, 0.3) is 0 Å². The molecular weight excluding hydrogens is 212 g/mol. The zero-order valence-corrected chi connectivity index (χ0v) is 9.76. The molecule has 2 unspecified atom stereocenters. The molecule has 1 aromatic carbocycles. The Kier molecular flexibility index (Phi) is 4.24. The molecule has 2 nitrogen and oxygen atoms in total. The Balaban J connectivity index is 2.94. The number of aryl methyl sites for hydroxylation is 1. The summed E-state index contributed by atoms with van der Waals surface area (Å²) in [5.41, 5.74) is 6.99. The molecule has 16 heavy (non-hydrogen) atoms. The molecule has 0 aliphatic rings. The van der Waals surface area contributed by atoms with Crippen molar-refractivity contribution in [3.05, 3.63) is 29.1 Å². The van der Waals surface area contributed by atoms with Gasteiger partial charge >= 0.3 is 0 Å². The van der Waals surface area contributed by atoms with Crippen LogP contribution in [0.1, 0.15) is 31.0 Å². The number of hydrogen-bond donors (Lipinski definition) is 1. The van der Waals surface area contributed by atoms with Crippen LogP contribution in [0.2, 0.25) is 0 Å². The maximum Gasteiger partial charge on any atom is 0.165 e. The normalized spacial score (nSPS) is 14.6. The summed E-state index contributed by atoms with van der Waals surface area (Å²) in [4.78, 5) is 0. The van der Waals surface area contributed by atoms with Gasteiger partial charge in [0.05, 0.1) is 0 Å². The van der Waals surface area contributed by atoms with Crippen LogP contribution >= 0.6 is 0 Å². The molecule has 0 amide bonds. The smallest absolute Gasteiger partial charge is 0.165 e. The van der Waals surface area contributed by atoms with Crippen molar-refractivity contribution in [3.63, 3.8) is 0 Å². The van der Waals surface area contributed by atoms with Gasteiger partial charge in [-0.2, -0.15) is 0 Å². The minimum Gasteiger partial charge on any atom is -0.487 e. The van der Waals surface area contributed by atoms with Crippen LogP contribution in [0.15, 0.2) is 12.1 Å². The number of ether oxygens (including phenoxy) is 1. The summed E-state index contributed by atoms with van der Waals surface area (Å²) in [7, 11) is 0. The van der Waals surface area contributed by atoms with E-state index in [0.29, 0.717) is 11.1 Å². The van der Waals surface area contributed by atoms with Crippen LogP contribution in [0.3, 0.4) is 0 Å².